The van der Waals surface area contributed by atoms with Crippen LogP contribution in [0.25, 0.3) is 0 Å². The van der Waals surface area contributed by atoms with E-state index in [0.717, 1.165) is 0 Å². The summed E-state index contributed by atoms with van der Waals surface area (Å²) in [6.07, 6.45) is 3.82. The quantitative estimate of drug-likeness (QED) is 0.451. The fourth-order valence-electron chi connectivity index (χ4n) is 4.63. The van der Waals surface area contributed by atoms with Crippen molar-refractivity contribution in [3.63, 3.8) is 0 Å². The van der Waals surface area contributed by atoms with Gasteiger partial charge in [0.25, 0.3) is 0 Å². The summed E-state index contributed by atoms with van der Waals surface area (Å²) in [4.78, 5) is 25.2. The molecule has 0 aromatic heterocycles. The Hall–Kier alpha value is -1.66. The van der Waals surface area contributed by atoms with Gasteiger partial charge >= 0.3 is 5.97 Å². The van der Waals surface area contributed by atoms with Gasteiger partial charge in [0.1, 0.15) is 11.5 Å². The van der Waals surface area contributed by atoms with E-state index in [1.807, 2.05) is 26.0 Å². The van der Waals surface area contributed by atoms with Crippen LogP contribution in [0, 0.1) is 23.7 Å². The van der Waals surface area contributed by atoms with Crippen LogP contribution in [-0.4, -0.2) is 41.0 Å². The molecule has 6 heteroatoms. The number of carbonyl (C=O) groups is 2. The molecule has 0 aromatic carbocycles. The minimum absolute atomic E-state index is 0.00234. The number of ketones is 1. The zero-order valence-corrected chi connectivity index (χ0v) is 14.9. The largest absolute Gasteiger partial charge is 0.512 e. The number of hydrogen-bond donors (Lipinski definition) is 2. The number of Topliss-reactive ketones (excluding diaryl/α,β-unsaturated/α-hetero) is 1. The lowest BCUT2D eigenvalue weighted by molar-refractivity contribution is -0.251. The number of aliphatic hydroxyl groups is 2. The average molecular weight is 350 g/mol. The standard InChI is InChI=1S/C19H26O6/c1-10-4-5-14-13-8-12(20)6-11(2)7-15(21)16(13)17(22)25-19(14,9-10)18(23)24-3/h4-5,10-11,13-14,18,21,23H,6-9H2,1-3H3/b16-15-/t10-,11-,13-,14-,18?,19+/m0/s1. The second-order valence-electron chi connectivity index (χ2n) is 7.75. The predicted octanol–water partition coefficient (Wildman–Crippen LogP) is 2.28. The van der Waals surface area contributed by atoms with E-state index < -0.39 is 29.7 Å². The van der Waals surface area contributed by atoms with E-state index in [2.05, 4.69) is 0 Å². The Morgan fingerprint density at radius 3 is 2.64 bits per heavy atom. The molecule has 1 aliphatic heterocycles. The van der Waals surface area contributed by atoms with Crippen LogP contribution < -0.4 is 0 Å². The van der Waals surface area contributed by atoms with Crippen molar-refractivity contribution < 1.29 is 29.3 Å². The van der Waals surface area contributed by atoms with Gasteiger partial charge in [-0.2, -0.15) is 0 Å². The first-order valence-electron chi connectivity index (χ1n) is 8.84. The van der Waals surface area contributed by atoms with Crippen LogP contribution in [0.2, 0.25) is 0 Å². The molecule has 25 heavy (non-hydrogen) atoms. The molecule has 2 N–H and O–H groups in total. The van der Waals surface area contributed by atoms with Crippen LogP contribution in [0.1, 0.15) is 39.5 Å². The molecule has 2 aliphatic carbocycles. The number of allylic oxidation sites excluding steroid dienone is 2. The minimum Gasteiger partial charge on any atom is -0.512 e. The maximum Gasteiger partial charge on any atom is 0.338 e. The minimum atomic E-state index is -1.29. The van der Waals surface area contributed by atoms with Gasteiger partial charge < -0.3 is 19.7 Å². The Bertz CT molecular complexity index is 636. The molecule has 0 amide bonds. The summed E-state index contributed by atoms with van der Waals surface area (Å²) < 4.78 is 10.8. The molecular weight excluding hydrogens is 324 g/mol. The Morgan fingerprint density at radius 2 is 1.96 bits per heavy atom. The number of ether oxygens (including phenoxy) is 2. The highest BCUT2D eigenvalue weighted by Gasteiger charge is 2.58. The lowest BCUT2D eigenvalue weighted by Gasteiger charge is -2.51. The Kier molecular flexibility index (Phi) is 4.77. The van der Waals surface area contributed by atoms with E-state index >= 15 is 0 Å². The number of esters is 1. The van der Waals surface area contributed by atoms with Crippen molar-refractivity contribution in [1.82, 2.24) is 0 Å². The van der Waals surface area contributed by atoms with Crippen molar-refractivity contribution in [3.8, 4) is 0 Å². The van der Waals surface area contributed by atoms with Crippen LogP contribution in [0.4, 0.5) is 0 Å². The van der Waals surface area contributed by atoms with Gasteiger partial charge in [-0.3, -0.25) is 4.79 Å². The highest BCUT2D eigenvalue weighted by atomic mass is 16.6. The first kappa shape index (κ1) is 18.1. The van der Waals surface area contributed by atoms with Crippen molar-refractivity contribution in [1.29, 1.82) is 0 Å². The maximum absolute atomic E-state index is 12.8. The topological polar surface area (TPSA) is 93.1 Å². The van der Waals surface area contributed by atoms with Gasteiger partial charge in [0, 0.05) is 38.2 Å². The summed E-state index contributed by atoms with van der Waals surface area (Å²) in [5, 5.41) is 21.0. The highest BCUT2D eigenvalue weighted by molar-refractivity contribution is 5.93. The SMILES string of the molecule is COC(O)[C@@]12C[C@@H](C)C=C[C@H]1[C@@H]1CC(=O)C[C@H](C)C/C(O)=C\1C(=O)O2. The molecule has 138 valence electrons. The van der Waals surface area contributed by atoms with E-state index in [1.54, 1.807) is 0 Å². The molecule has 0 bridgehead atoms. The zero-order chi connectivity index (χ0) is 18.4. The van der Waals surface area contributed by atoms with Gasteiger partial charge in [-0.05, 0) is 18.3 Å². The van der Waals surface area contributed by atoms with Crippen LogP contribution >= 0.6 is 0 Å². The Balaban J connectivity index is 2.12. The molecule has 0 spiro atoms. The molecular formula is C19H26O6. The van der Waals surface area contributed by atoms with Gasteiger partial charge in [0.2, 0.25) is 0 Å². The monoisotopic (exact) mass is 350 g/mol. The third-order valence-corrected chi connectivity index (χ3v) is 5.68. The summed E-state index contributed by atoms with van der Waals surface area (Å²) in [6.45, 7) is 3.85. The van der Waals surface area contributed by atoms with Crippen molar-refractivity contribution >= 4 is 11.8 Å². The molecule has 3 rings (SSSR count). The molecule has 0 radical (unpaired) electrons. The van der Waals surface area contributed by atoms with Gasteiger partial charge in [0.05, 0.1) is 5.57 Å². The summed E-state index contributed by atoms with van der Waals surface area (Å²) in [5.74, 6) is -1.43. The summed E-state index contributed by atoms with van der Waals surface area (Å²) in [7, 11) is 1.36. The molecule has 0 saturated carbocycles. The van der Waals surface area contributed by atoms with E-state index in [4.69, 9.17) is 9.47 Å². The molecule has 3 aliphatic rings. The molecule has 0 aromatic rings. The van der Waals surface area contributed by atoms with E-state index in [9.17, 15) is 19.8 Å². The smallest absolute Gasteiger partial charge is 0.338 e. The third-order valence-electron chi connectivity index (χ3n) is 5.68. The molecule has 1 saturated heterocycles. The average Bonchev–Trinajstić information content (AvgIpc) is 2.51. The fourth-order valence-corrected chi connectivity index (χ4v) is 4.63. The number of carbonyl (C=O) groups excluding carboxylic acids is 2. The molecule has 6 atom stereocenters. The second kappa shape index (κ2) is 6.57. The summed E-state index contributed by atoms with van der Waals surface area (Å²) in [6, 6.07) is 0. The maximum atomic E-state index is 12.8. The normalized spacial score (nSPS) is 42.7. The van der Waals surface area contributed by atoms with Crippen LogP contribution in [0.5, 0.6) is 0 Å². The summed E-state index contributed by atoms with van der Waals surface area (Å²) >= 11 is 0. The van der Waals surface area contributed by atoms with Gasteiger partial charge in [-0.25, -0.2) is 4.79 Å². The van der Waals surface area contributed by atoms with E-state index in [1.165, 1.54) is 7.11 Å². The van der Waals surface area contributed by atoms with Crippen LogP contribution in [-0.2, 0) is 19.1 Å². The number of aliphatic hydroxyl groups excluding tert-OH is 2. The predicted molar refractivity (Wildman–Crippen MR) is 89.4 cm³/mol. The first-order chi connectivity index (χ1) is 11.8. The zero-order valence-electron chi connectivity index (χ0n) is 14.9. The molecule has 1 unspecified atom stereocenters. The van der Waals surface area contributed by atoms with Crippen molar-refractivity contribution in [3.05, 3.63) is 23.5 Å². The molecule has 1 heterocycles. The summed E-state index contributed by atoms with van der Waals surface area (Å²) in [5.41, 5.74) is -1.05. The lowest BCUT2D eigenvalue weighted by atomic mass is 9.63. The Morgan fingerprint density at radius 1 is 1.24 bits per heavy atom. The Labute approximate surface area is 147 Å². The number of methoxy groups -OCH3 is 1. The second-order valence-corrected chi connectivity index (χ2v) is 7.75. The van der Waals surface area contributed by atoms with E-state index in [0.29, 0.717) is 12.8 Å². The van der Waals surface area contributed by atoms with Gasteiger partial charge in [-0.1, -0.05) is 26.0 Å². The molecule has 6 nitrogen and oxygen atoms in total. The molecule has 1 fully saturated rings. The van der Waals surface area contributed by atoms with Crippen molar-refractivity contribution in [2.75, 3.05) is 7.11 Å². The number of fused-ring (bicyclic) bond motifs is 3. The van der Waals surface area contributed by atoms with Gasteiger partial charge in [-0.15, -0.1) is 0 Å². The van der Waals surface area contributed by atoms with Crippen LogP contribution in [0.15, 0.2) is 23.5 Å². The highest BCUT2D eigenvalue weighted by Crippen LogP contribution is 2.50. The van der Waals surface area contributed by atoms with Crippen molar-refractivity contribution in [2.45, 2.75) is 51.4 Å². The van der Waals surface area contributed by atoms with Crippen LogP contribution in [0.3, 0.4) is 0 Å². The third kappa shape index (κ3) is 3.02. The lowest BCUT2D eigenvalue weighted by Crippen LogP contribution is -2.60. The first-order valence-corrected chi connectivity index (χ1v) is 8.84. The van der Waals surface area contributed by atoms with Gasteiger partial charge in [0.15, 0.2) is 11.9 Å². The van der Waals surface area contributed by atoms with E-state index in [-0.39, 0.29) is 41.8 Å². The fraction of sp³-hybridized carbons (Fsp3) is 0.684. The van der Waals surface area contributed by atoms with Crippen molar-refractivity contribution in [2.24, 2.45) is 23.7 Å². The number of hydrogen-bond acceptors (Lipinski definition) is 6. The number of rotatable bonds is 2.